The van der Waals surface area contributed by atoms with Crippen LogP contribution in [0.4, 0.5) is 0 Å². The van der Waals surface area contributed by atoms with Crippen molar-refractivity contribution in [3.05, 3.63) is 0 Å². The summed E-state index contributed by atoms with van der Waals surface area (Å²) in [4.78, 5) is 0. The van der Waals surface area contributed by atoms with E-state index in [4.69, 9.17) is 15.2 Å². The molecule has 2 N–H and O–H groups in total. The average molecular weight is 173 g/mol. The van der Waals surface area contributed by atoms with Crippen LogP contribution < -0.4 is 5.73 Å². The lowest BCUT2D eigenvalue weighted by Crippen LogP contribution is -2.26. The monoisotopic (exact) mass is 173 g/mol. The van der Waals surface area contributed by atoms with Crippen LogP contribution in [-0.4, -0.2) is 26.0 Å². The van der Waals surface area contributed by atoms with Gasteiger partial charge in [0.2, 0.25) is 0 Å². The molecular formula is C9H19NO2. The fourth-order valence-corrected chi connectivity index (χ4v) is 1.18. The maximum Gasteiger partial charge on any atom is 0.157 e. The molecule has 0 aromatic carbocycles. The normalized spacial score (nSPS) is 27.0. The van der Waals surface area contributed by atoms with Gasteiger partial charge in [-0.05, 0) is 31.7 Å². The highest BCUT2D eigenvalue weighted by molar-refractivity contribution is 4.56. The van der Waals surface area contributed by atoms with E-state index in [9.17, 15) is 0 Å². The van der Waals surface area contributed by atoms with Crippen molar-refractivity contribution in [1.82, 2.24) is 0 Å². The van der Waals surface area contributed by atoms with Crippen molar-refractivity contribution in [2.75, 3.05) is 19.8 Å². The van der Waals surface area contributed by atoms with E-state index in [-0.39, 0.29) is 6.29 Å². The van der Waals surface area contributed by atoms with Crippen LogP contribution in [0, 0.1) is 5.92 Å². The van der Waals surface area contributed by atoms with E-state index >= 15 is 0 Å². The van der Waals surface area contributed by atoms with E-state index in [1.165, 1.54) is 12.8 Å². The minimum atomic E-state index is 0.0350. The molecule has 0 spiro atoms. The van der Waals surface area contributed by atoms with Crippen LogP contribution in [0.2, 0.25) is 0 Å². The van der Waals surface area contributed by atoms with Crippen LogP contribution in [0.15, 0.2) is 0 Å². The number of hydrogen-bond donors (Lipinski definition) is 1. The molecule has 1 aliphatic heterocycles. The number of hydrogen-bond acceptors (Lipinski definition) is 3. The topological polar surface area (TPSA) is 44.5 Å². The van der Waals surface area contributed by atoms with Crippen molar-refractivity contribution in [3.63, 3.8) is 0 Å². The van der Waals surface area contributed by atoms with Crippen LogP contribution in [0.25, 0.3) is 0 Å². The van der Waals surface area contributed by atoms with Crippen LogP contribution in [0.1, 0.15) is 26.2 Å². The highest BCUT2D eigenvalue weighted by Gasteiger charge is 2.14. The molecule has 0 amide bonds. The number of rotatable bonds is 4. The second kappa shape index (κ2) is 5.51. The Labute approximate surface area is 74.2 Å². The van der Waals surface area contributed by atoms with Gasteiger partial charge < -0.3 is 15.2 Å². The molecule has 0 radical (unpaired) electrons. The quantitative estimate of drug-likeness (QED) is 0.693. The largest absolute Gasteiger partial charge is 0.353 e. The van der Waals surface area contributed by atoms with Gasteiger partial charge in [0.1, 0.15) is 0 Å². The Kier molecular flexibility index (Phi) is 4.58. The van der Waals surface area contributed by atoms with Crippen LogP contribution in [-0.2, 0) is 9.47 Å². The molecule has 0 saturated carbocycles. The van der Waals surface area contributed by atoms with E-state index in [1.54, 1.807) is 0 Å². The molecule has 12 heavy (non-hydrogen) atoms. The van der Waals surface area contributed by atoms with E-state index in [0.717, 1.165) is 19.6 Å². The Balaban J connectivity index is 2.05. The Bertz CT molecular complexity index is 113. The van der Waals surface area contributed by atoms with Crippen molar-refractivity contribution >= 4 is 0 Å². The summed E-state index contributed by atoms with van der Waals surface area (Å²) in [5.41, 5.74) is 5.47. The summed E-state index contributed by atoms with van der Waals surface area (Å²) in [7, 11) is 0. The minimum Gasteiger partial charge on any atom is -0.353 e. The number of nitrogens with two attached hydrogens (primary N) is 1. The lowest BCUT2D eigenvalue weighted by molar-refractivity contribution is -0.167. The molecule has 0 bridgehead atoms. The maximum atomic E-state index is 5.53. The first-order valence-corrected chi connectivity index (χ1v) is 4.76. The maximum absolute atomic E-state index is 5.53. The molecule has 1 fully saturated rings. The van der Waals surface area contributed by atoms with Gasteiger partial charge in [-0.15, -0.1) is 0 Å². The van der Waals surface area contributed by atoms with Gasteiger partial charge in [0, 0.05) is 6.61 Å². The first-order chi connectivity index (χ1) is 5.83. The van der Waals surface area contributed by atoms with E-state index in [2.05, 4.69) is 6.92 Å². The van der Waals surface area contributed by atoms with Crippen LogP contribution >= 0.6 is 0 Å². The van der Waals surface area contributed by atoms with Gasteiger partial charge >= 0.3 is 0 Å². The van der Waals surface area contributed by atoms with Crippen molar-refractivity contribution in [1.29, 1.82) is 0 Å². The summed E-state index contributed by atoms with van der Waals surface area (Å²) in [5.74, 6) is 0.440. The molecule has 1 heterocycles. The van der Waals surface area contributed by atoms with Crippen molar-refractivity contribution < 1.29 is 9.47 Å². The lowest BCUT2D eigenvalue weighted by Gasteiger charge is -2.23. The molecule has 1 aliphatic rings. The Morgan fingerprint density at radius 3 is 3.00 bits per heavy atom. The van der Waals surface area contributed by atoms with Gasteiger partial charge in [0.05, 0.1) is 6.61 Å². The first-order valence-electron chi connectivity index (χ1n) is 4.76. The SMILES string of the molecule is CC(CN)COC1CCCCO1. The molecular weight excluding hydrogens is 154 g/mol. The summed E-state index contributed by atoms with van der Waals surface area (Å²) in [6.07, 6.45) is 3.47. The third-order valence-corrected chi connectivity index (χ3v) is 2.11. The molecule has 3 nitrogen and oxygen atoms in total. The number of ether oxygens (including phenoxy) is 2. The van der Waals surface area contributed by atoms with Gasteiger partial charge in [-0.25, -0.2) is 0 Å². The van der Waals surface area contributed by atoms with Crippen LogP contribution in [0.3, 0.4) is 0 Å². The molecule has 0 aromatic rings. The molecule has 2 atom stereocenters. The standard InChI is InChI=1S/C9H19NO2/c1-8(6-10)7-12-9-4-2-3-5-11-9/h8-9H,2-7,10H2,1H3. The van der Waals surface area contributed by atoms with Gasteiger partial charge in [0.25, 0.3) is 0 Å². The zero-order valence-corrected chi connectivity index (χ0v) is 7.79. The minimum absolute atomic E-state index is 0.0350. The third-order valence-electron chi connectivity index (χ3n) is 2.11. The van der Waals surface area contributed by atoms with Crippen molar-refractivity contribution in [3.8, 4) is 0 Å². The van der Waals surface area contributed by atoms with Crippen molar-refractivity contribution in [2.45, 2.75) is 32.5 Å². The van der Waals surface area contributed by atoms with E-state index in [0.29, 0.717) is 12.5 Å². The summed E-state index contributed by atoms with van der Waals surface area (Å²) in [6, 6.07) is 0. The van der Waals surface area contributed by atoms with Gasteiger partial charge in [-0.1, -0.05) is 6.92 Å². The molecule has 2 unspecified atom stereocenters. The molecule has 1 rings (SSSR count). The fourth-order valence-electron chi connectivity index (χ4n) is 1.18. The van der Waals surface area contributed by atoms with Gasteiger partial charge in [-0.2, -0.15) is 0 Å². The Morgan fingerprint density at radius 2 is 2.42 bits per heavy atom. The Hall–Kier alpha value is -0.120. The lowest BCUT2D eigenvalue weighted by atomic mass is 10.2. The molecule has 1 saturated heterocycles. The highest BCUT2D eigenvalue weighted by Crippen LogP contribution is 2.14. The summed E-state index contributed by atoms with van der Waals surface area (Å²) in [6.45, 7) is 4.35. The molecule has 0 aliphatic carbocycles. The molecule has 0 aromatic heterocycles. The second-order valence-corrected chi connectivity index (χ2v) is 3.47. The zero-order valence-electron chi connectivity index (χ0n) is 7.79. The van der Waals surface area contributed by atoms with Gasteiger partial charge in [-0.3, -0.25) is 0 Å². The van der Waals surface area contributed by atoms with Gasteiger partial charge in [0.15, 0.2) is 6.29 Å². The summed E-state index contributed by atoms with van der Waals surface area (Å²) >= 11 is 0. The van der Waals surface area contributed by atoms with Crippen LogP contribution in [0.5, 0.6) is 0 Å². The zero-order chi connectivity index (χ0) is 8.81. The predicted molar refractivity (Wildman–Crippen MR) is 47.8 cm³/mol. The Morgan fingerprint density at radius 1 is 1.58 bits per heavy atom. The average Bonchev–Trinajstić information content (AvgIpc) is 2.16. The highest BCUT2D eigenvalue weighted by atomic mass is 16.7. The molecule has 3 heteroatoms. The second-order valence-electron chi connectivity index (χ2n) is 3.47. The first kappa shape index (κ1) is 9.96. The summed E-state index contributed by atoms with van der Waals surface area (Å²) < 4.78 is 10.9. The van der Waals surface area contributed by atoms with E-state index < -0.39 is 0 Å². The predicted octanol–water partition coefficient (Wildman–Crippen LogP) is 1.12. The van der Waals surface area contributed by atoms with E-state index in [1.807, 2.05) is 0 Å². The fraction of sp³-hybridized carbons (Fsp3) is 1.00. The smallest absolute Gasteiger partial charge is 0.157 e. The van der Waals surface area contributed by atoms with Crippen molar-refractivity contribution in [2.24, 2.45) is 11.7 Å². The summed E-state index contributed by atoms with van der Waals surface area (Å²) in [5, 5.41) is 0. The third kappa shape index (κ3) is 3.52. The molecule has 72 valence electrons.